The van der Waals surface area contributed by atoms with Crippen LogP contribution in [0.25, 0.3) is 0 Å². The third-order valence-electron chi connectivity index (χ3n) is 2.72. The van der Waals surface area contributed by atoms with Crippen LogP contribution in [0.15, 0.2) is 23.1 Å². The van der Waals surface area contributed by atoms with E-state index in [0.29, 0.717) is 12.2 Å². The molecule has 0 aliphatic heterocycles. The molecule has 0 aromatic heterocycles. The SMILES string of the molecule is CCNC(=O)C(C)Nc1ccc(S(=O)(=O)NC)cc1N. The molecule has 112 valence electrons. The number of hydrogen-bond donors (Lipinski definition) is 4. The Morgan fingerprint density at radius 1 is 1.40 bits per heavy atom. The number of anilines is 2. The minimum Gasteiger partial charge on any atom is -0.397 e. The lowest BCUT2D eigenvalue weighted by Gasteiger charge is -2.16. The lowest BCUT2D eigenvalue weighted by molar-refractivity contribution is -0.121. The Kier molecular flexibility index (Phi) is 5.34. The van der Waals surface area contributed by atoms with Gasteiger partial charge in [0.2, 0.25) is 15.9 Å². The molecular formula is C12H20N4O3S. The third-order valence-corrected chi connectivity index (χ3v) is 4.13. The van der Waals surface area contributed by atoms with Gasteiger partial charge in [0.25, 0.3) is 0 Å². The Balaban J connectivity index is 2.92. The van der Waals surface area contributed by atoms with E-state index in [-0.39, 0.29) is 16.5 Å². The maximum atomic E-state index is 11.6. The predicted octanol–water partition coefficient (Wildman–Crippen LogP) is 0.113. The van der Waals surface area contributed by atoms with Crippen LogP contribution in [0.5, 0.6) is 0 Å². The van der Waals surface area contributed by atoms with Crippen molar-refractivity contribution in [2.45, 2.75) is 24.8 Å². The summed E-state index contributed by atoms with van der Waals surface area (Å²) >= 11 is 0. The lowest BCUT2D eigenvalue weighted by Crippen LogP contribution is -2.37. The number of benzene rings is 1. The Hall–Kier alpha value is -1.80. The molecule has 0 spiro atoms. The zero-order valence-corrected chi connectivity index (χ0v) is 12.5. The molecule has 0 bridgehead atoms. The highest BCUT2D eigenvalue weighted by molar-refractivity contribution is 7.89. The van der Waals surface area contributed by atoms with Gasteiger partial charge in [-0.3, -0.25) is 4.79 Å². The van der Waals surface area contributed by atoms with Gasteiger partial charge < -0.3 is 16.4 Å². The molecule has 8 heteroatoms. The Bertz CT molecular complexity index is 586. The van der Waals surface area contributed by atoms with Gasteiger partial charge in [-0.2, -0.15) is 0 Å². The van der Waals surface area contributed by atoms with Crippen molar-refractivity contribution in [1.82, 2.24) is 10.0 Å². The van der Waals surface area contributed by atoms with E-state index in [1.807, 2.05) is 6.92 Å². The van der Waals surface area contributed by atoms with Gasteiger partial charge in [0.05, 0.1) is 16.3 Å². The van der Waals surface area contributed by atoms with Crippen LogP contribution in [0, 0.1) is 0 Å². The molecule has 0 saturated heterocycles. The van der Waals surface area contributed by atoms with Crippen molar-refractivity contribution in [2.75, 3.05) is 24.6 Å². The van der Waals surface area contributed by atoms with Crippen molar-refractivity contribution in [2.24, 2.45) is 0 Å². The van der Waals surface area contributed by atoms with Crippen LogP contribution in [0.1, 0.15) is 13.8 Å². The lowest BCUT2D eigenvalue weighted by atomic mass is 10.2. The molecular weight excluding hydrogens is 280 g/mol. The second-order valence-electron chi connectivity index (χ2n) is 4.22. The van der Waals surface area contributed by atoms with Gasteiger partial charge in [-0.25, -0.2) is 13.1 Å². The predicted molar refractivity (Wildman–Crippen MR) is 78.9 cm³/mol. The van der Waals surface area contributed by atoms with Crippen molar-refractivity contribution in [3.63, 3.8) is 0 Å². The molecule has 0 heterocycles. The first-order valence-corrected chi connectivity index (χ1v) is 7.67. The smallest absolute Gasteiger partial charge is 0.242 e. The van der Waals surface area contributed by atoms with Crippen LogP contribution in [0.3, 0.4) is 0 Å². The second kappa shape index (κ2) is 6.58. The summed E-state index contributed by atoms with van der Waals surface area (Å²) in [7, 11) is -2.20. The van der Waals surface area contributed by atoms with Crippen LogP contribution in [0.2, 0.25) is 0 Å². The zero-order chi connectivity index (χ0) is 15.3. The van der Waals surface area contributed by atoms with Crippen molar-refractivity contribution in [3.8, 4) is 0 Å². The maximum Gasteiger partial charge on any atom is 0.242 e. The first-order valence-electron chi connectivity index (χ1n) is 6.19. The summed E-state index contributed by atoms with van der Waals surface area (Å²) in [6, 6.07) is 3.84. The molecule has 7 nitrogen and oxygen atoms in total. The fourth-order valence-electron chi connectivity index (χ4n) is 1.58. The van der Waals surface area contributed by atoms with Crippen LogP contribution in [-0.4, -0.2) is 34.0 Å². The highest BCUT2D eigenvalue weighted by Crippen LogP contribution is 2.23. The van der Waals surface area contributed by atoms with Crippen LogP contribution < -0.4 is 21.1 Å². The number of nitrogens with one attached hydrogen (secondary N) is 3. The molecule has 1 atom stereocenters. The third kappa shape index (κ3) is 3.84. The molecule has 1 unspecified atom stereocenters. The number of nitrogens with two attached hydrogens (primary N) is 1. The minimum atomic E-state index is -3.53. The summed E-state index contributed by atoms with van der Waals surface area (Å²) in [5.74, 6) is -0.154. The van der Waals surface area contributed by atoms with Crippen molar-refractivity contribution in [3.05, 3.63) is 18.2 Å². The molecule has 1 aromatic rings. The van der Waals surface area contributed by atoms with Gasteiger partial charge in [0, 0.05) is 6.54 Å². The number of carbonyl (C=O) groups is 1. The second-order valence-corrected chi connectivity index (χ2v) is 6.10. The topological polar surface area (TPSA) is 113 Å². The molecule has 0 saturated carbocycles. The summed E-state index contributed by atoms with van der Waals surface area (Å²) in [5, 5.41) is 5.62. The normalized spacial score (nSPS) is 12.8. The molecule has 0 radical (unpaired) electrons. The number of hydrogen-bond acceptors (Lipinski definition) is 5. The monoisotopic (exact) mass is 300 g/mol. The highest BCUT2D eigenvalue weighted by atomic mass is 32.2. The maximum absolute atomic E-state index is 11.6. The van der Waals surface area contributed by atoms with E-state index < -0.39 is 16.1 Å². The van der Waals surface area contributed by atoms with E-state index in [2.05, 4.69) is 15.4 Å². The van der Waals surface area contributed by atoms with E-state index in [1.54, 1.807) is 6.92 Å². The van der Waals surface area contributed by atoms with E-state index >= 15 is 0 Å². The number of nitrogen functional groups attached to an aromatic ring is 1. The van der Waals surface area contributed by atoms with Crippen LogP contribution in [0.4, 0.5) is 11.4 Å². The number of sulfonamides is 1. The Labute approximate surface area is 119 Å². The summed E-state index contributed by atoms with van der Waals surface area (Å²) in [6.45, 7) is 4.07. The van der Waals surface area contributed by atoms with Crippen molar-refractivity contribution >= 4 is 27.3 Å². The average molecular weight is 300 g/mol. The molecule has 20 heavy (non-hydrogen) atoms. The van der Waals surface area contributed by atoms with Gasteiger partial charge in [0.1, 0.15) is 6.04 Å². The molecule has 0 aliphatic rings. The quantitative estimate of drug-likeness (QED) is 0.557. The highest BCUT2D eigenvalue weighted by Gasteiger charge is 2.16. The Morgan fingerprint density at radius 2 is 2.05 bits per heavy atom. The molecule has 1 rings (SSSR count). The number of rotatable bonds is 6. The average Bonchev–Trinajstić information content (AvgIpc) is 2.41. The largest absolute Gasteiger partial charge is 0.397 e. The fourth-order valence-corrected chi connectivity index (χ4v) is 2.35. The van der Waals surface area contributed by atoms with Crippen LogP contribution in [-0.2, 0) is 14.8 Å². The number of likely N-dealkylation sites (N-methyl/N-ethyl adjacent to an activating group) is 1. The molecule has 0 aliphatic carbocycles. The number of carbonyl (C=O) groups excluding carboxylic acids is 1. The van der Waals surface area contributed by atoms with Gasteiger partial charge in [-0.1, -0.05) is 0 Å². The van der Waals surface area contributed by atoms with E-state index in [9.17, 15) is 13.2 Å². The first kappa shape index (κ1) is 16.3. The Morgan fingerprint density at radius 3 is 2.55 bits per heavy atom. The van der Waals surface area contributed by atoms with E-state index in [4.69, 9.17) is 5.73 Å². The van der Waals surface area contributed by atoms with Gasteiger partial charge in [-0.05, 0) is 39.1 Å². The van der Waals surface area contributed by atoms with E-state index in [1.165, 1.54) is 25.2 Å². The standard InChI is InChI=1S/C12H20N4O3S/c1-4-15-12(17)8(2)16-11-6-5-9(7-10(11)13)20(18,19)14-3/h5-8,14,16H,4,13H2,1-3H3,(H,15,17). The van der Waals surface area contributed by atoms with E-state index in [0.717, 1.165) is 0 Å². The number of amides is 1. The van der Waals surface area contributed by atoms with Crippen molar-refractivity contribution in [1.29, 1.82) is 0 Å². The summed E-state index contributed by atoms with van der Waals surface area (Å²) in [5.41, 5.74) is 6.58. The minimum absolute atomic E-state index is 0.0775. The van der Waals surface area contributed by atoms with Gasteiger partial charge in [0.15, 0.2) is 0 Å². The van der Waals surface area contributed by atoms with Gasteiger partial charge in [-0.15, -0.1) is 0 Å². The fraction of sp³-hybridized carbons (Fsp3) is 0.417. The molecule has 5 N–H and O–H groups in total. The summed E-state index contributed by atoms with van der Waals surface area (Å²) in [4.78, 5) is 11.7. The molecule has 1 amide bonds. The van der Waals surface area contributed by atoms with Gasteiger partial charge >= 0.3 is 0 Å². The van der Waals surface area contributed by atoms with Crippen LogP contribution >= 0.6 is 0 Å². The summed E-state index contributed by atoms with van der Waals surface area (Å²) < 4.78 is 25.5. The molecule has 0 fully saturated rings. The zero-order valence-electron chi connectivity index (χ0n) is 11.7. The summed E-state index contributed by atoms with van der Waals surface area (Å²) in [6.07, 6.45) is 0. The first-order chi connectivity index (χ1) is 9.31. The van der Waals surface area contributed by atoms with Crippen molar-refractivity contribution < 1.29 is 13.2 Å². The molecule has 1 aromatic carbocycles.